The van der Waals surface area contributed by atoms with Crippen molar-refractivity contribution in [2.24, 2.45) is 0 Å². The van der Waals surface area contributed by atoms with Crippen LogP contribution in [0.15, 0.2) is 85.2 Å². The third-order valence-corrected chi connectivity index (χ3v) is 6.34. The lowest BCUT2D eigenvalue weighted by Crippen LogP contribution is -3.27. The molecule has 0 bridgehead atoms. The molecule has 1 fully saturated rings. The number of nitrogens with one attached hydrogen (secondary N) is 2. The summed E-state index contributed by atoms with van der Waals surface area (Å²) >= 11 is 0. The van der Waals surface area contributed by atoms with E-state index in [9.17, 15) is 0 Å². The Kier molecular flexibility index (Phi) is 6.28. The lowest BCUT2D eigenvalue weighted by Gasteiger charge is -2.34. The maximum absolute atomic E-state index is 4.52. The van der Waals surface area contributed by atoms with Gasteiger partial charge in [0.1, 0.15) is 32.7 Å². The number of quaternary nitrogens is 2. The minimum Gasteiger partial charge on any atom is -0.322 e. The van der Waals surface area contributed by atoms with Crippen LogP contribution in [-0.2, 0) is 13.1 Å². The maximum Gasteiger partial charge on any atom is 0.214 e. The van der Waals surface area contributed by atoms with Gasteiger partial charge in [0.15, 0.2) is 6.04 Å². The summed E-state index contributed by atoms with van der Waals surface area (Å²) < 4.78 is 1.97. The van der Waals surface area contributed by atoms with Gasteiger partial charge in [0.05, 0.1) is 6.54 Å². The van der Waals surface area contributed by atoms with Crippen molar-refractivity contribution in [2.75, 3.05) is 26.2 Å². The van der Waals surface area contributed by atoms with Crippen LogP contribution in [0.4, 0.5) is 0 Å². The first kappa shape index (κ1) is 20.5. The highest BCUT2D eigenvalue weighted by Gasteiger charge is 2.35. The van der Waals surface area contributed by atoms with E-state index in [0.717, 1.165) is 38.5 Å². The van der Waals surface area contributed by atoms with E-state index in [1.54, 1.807) is 4.90 Å². The molecule has 1 aliphatic heterocycles. The van der Waals surface area contributed by atoms with Crippen LogP contribution in [0, 0.1) is 0 Å². The van der Waals surface area contributed by atoms with Crippen molar-refractivity contribution in [3.63, 3.8) is 0 Å². The standard InChI is InChI=1S/C25H27N7/c1-3-7-21(8-4-1)20-32-25(27-28-29-32)24(23-9-5-2-6-10-23)31-17-15-30(16-18-31)19-22-11-13-26-14-12-22/h1-14,24H,15-20H2/p+2/t24-/m1/s1. The maximum atomic E-state index is 4.52. The van der Waals surface area contributed by atoms with Crippen LogP contribution in [-0.4, -0.2) is 51.4 Å². The molecule has 0 saturated carbocycles. The van der Waals surface area contributed by atoms with Gasteiger partial charge in [-0.25, -0.2) is 4.68 Å². The topological polar surface area (TPSA) is 65.4 Å². The second-order valence-electron chi connectivity index (χ2n) is 8.46. The fourth-order valence-corrected chi connectivity index (χ4v) is 4.68. The van der Waals surface area contributed by atoms with E-state index in [0.29, 0.717) is 6.54 Å². The van der Waals surface area contributed by atoms with Gasteiger partial charge >= 0.3 is 0 Å². The van der Waals surface area contributed by atoms with E-state index < -0.39 is 0 Å². The van der Waals surface area contributed by atoms with Gasteiger partial charge in [-0.05, 0) is 28.1 Å². The minimum absolute atomic E-state index is 0.123. The second kappa shape index (κ2) is 9.80. The number of piperazine rings is 1. The van der Waals surface area contributed by atoms with E-state index in [-0.39, 0.29) is 6.04 Å². The molecule has 2 aromatic heterocycles. The quantitative estimate of drug-likeness (QED) is 0.442. The van der Waals surface area contributed by atoms with E-state index in [1.165, 1.54) is 21.6 Å². The van der Waals surface area contributed by atoms with Crippen molar-refractivity contribution >= 4 is 0 Å². The van der Waals surface area contributed by atoms with Gasteiger partial charge in [0.25, 0.3) is 0 Å². The summed E-state index contributed by atoms with van der Waals surface area (Å²) in [5.74, 6) is 0.938. The van der Waals surface area contributed by atoms with Crippen LogP contribution in [0.5, 0.6) is 0 Å². The lowest BCUT2D eigenvalue weighted by molar-refractivity contribution is -1.03. The molecule has 0 spiro atoms. The number of rotatable bonds is 7. The Morgan fingerprint density at radius 3 is 2.19 bits per heavy atom. The van der Waals surface area contributed by atoms with Gasteiger partial charge in [0.2, 0.25) is 5.82 Å². The number of pyridine rings is 1. The van der Waals surface area contributed by atoms with Gasteiger partial charge in [0, 0.05) is 23.5 Å². The number of aromatic nitrogens is 5. The molecule has 1 aliphatic rings. The highest BCUT2D eigenvalue weighted by molar-refractivity contribution is 5.23. The minimum atomic E-state index is 0.123. The molecule has 1 saturated heterocycles. The summed E-state index contributed by atoms with van der Waals surface area (Å²) in [5.41, 5.74) is 3.82. The van der Waals surface area contributed by atoms with Crippen LogP contribution in [0.1, 0.15) is 28.6 Å². The SMILES string of the molecule is c1ccc(Cn2nnnc2[C@@H](c2ccccc2)[NH+]2CC[NH+](Cc3ccncc3)CC2)cc1. The molecule has 3 heterocycles. The van der Waals surface area contributed by atoms with Crippen molar-refractivity contribution < 1.29 is 9.80 Å². The number of hydrogen-bond acceptors (Lipinski definition) is 4. The molecular formula is C25H29N7+2. The number of tetrazole rings is 1. The Hall–Kier alpha value is -3.42. The molecule has 0 radical (unpaired) electrons. The molecule has 7 nitrogen and oxygen atoms in total. The Labute approximate surface area is 188 Å². The van der Waals surface area contributed by atoms with Crippen LogP contribution in [0.25, 0.3) is 0 Å². The first-order valence-electron chi connectivity index (χ1n) is 11.3. The lowest BCUT2D eigenvalue weighted by atomic mass is 10.0. The van der Waals surface area contributed by atoms with Crippen LogP contribution in [0.3, 0.4) is 0 Å². The van der Waals surface area contributed by atoms with Gasteiger partial charge in [-0.1, -0.05) is 60.7 Å². The fourth-order valence-electron chi connectivity index (χ4n) is 4.68. The van der Waals surface area contributed by atoms with Crippen LogP contribution in [0.2, 0.25) is 0 Å². The molecule has 162 valence electrons. The zero-order valence-corrected chi connectivity index (χ0v) is 18.1. The molecule has 0 aliphatic carbocycles. The third kappa shape index (κ3) is 4.74. The van der Waals surface area contributed by atoms with Crippen molar-refractivity contribution in [2.45, 2.75) is 19.1 Å². The van der Waals surface area contributed by atoms with Crippen LogP contribution >= 0.6 is 0 Å². The van der Waals surface area contributed by atoms with Gasteiger partial charge in [-0.2, -0.15) is 0 Å². The van der Waals surface area contributed by atoms with Gasteiger partial charge in [-0.3, -0.25) is 4.98 Å². The first-order valence-corrected chi connectivity index (χ1v) is 11.3. The molecule has 2 aromatic carbocycles. The molecule has 32 heavy (non-hydrogen) atoms. The smallest absolute Gasteiger partial charge is 0.214 e. The summed E-state index contributed by atoms with van der Waals surface area (Å²) in [4.78, 5) is 7.29. The summed E-state index contributed by atoms with van der Waals surface area (Å²) in [6, 6.07) is 25.5. The van der Waals surface area contributed by atoms with Crippen molar-refractivity contribution in [1.82, 2.24) is 25.2 Å². The molecule has 2 N–H and O–H groups in total. The summed E-state index contributed by atoms with van der Waals surface area (Å²) in [5, 5.41) is 12.9. The number of benzene rings is 2. The Morgan fingerprint density at radius 2 is 1.47 bits per heavy atom. The highest BCUT2D eigenvalue weighted by Crippen LogP contribution is 2.17. The zero-order valence-electron chi connectivity index (χ0n) is 18.1. The summed E-state index contributed by atoms with van der Waals surface area (Å²) in [6.07, 6.45) is 3.77. The summed E-state index contributed by atoms with van der Waals surface area (Å²) in [6.45, 7) is 6.15. The summed E-state index contributed by atoms with van der Waals surface area (Å²) in [7, 11) is 0. The Morgan fingerprint density at radius 1 is 0.781 bits per heavy atom. The van der Waals surface area contributed by atoms with E-state index >= 15 is 0 Å². The largest absolute Gasteiger partial charge is 0.322 e. The van der Waals surface area contributed by atoms with Crippen molar-refractivity contribution in [1.29, 1.82) is 0 Å². The highest BCUT2D eigenvalue weighted by atomic mass is 15.6. The molecule has 0 amide bonds. The van der Waals surface area contributed by atoms with E-state index in [1.807, 2.05) is 23.1 Å². The van der Waals surface area contributed by atoms with E-state index in [2.05, 4.69) is 87.2 Å². The van der Waals surface area contributed by atoms with Crippen molar-refractivity contribution in [3.8, 4) is 0 Å². The normalized spacial score (nSPS) is 19.5. The van der Waals surface area contributed by atoms with Crippen LogP contribution < -0.4 is 9.80 Å². The second-order valence-corrected chi connectivity index (χ2v) is 8.46. The molecule has 7 heteroatoms. The Bertz CT molecular complexity index is 1090. The zero-order chi connectivity index (χ0) is 21.6. The molecule has 5 rings (SSSR count). The number of hydrogen-bond donors (Lipinski definition) is 2. The van der Waals surface area contributed by atoms with Crippen molar-refractivity contribution in [3.05, 3.63) is 108 Å². The van der Waals surface area contributed by atoms with E-state index in [4.69, 9.17) is 0 Å². The first-order chi connectivity index (χ1) is 15.9. The third-order valence-electron chi connectivity index (χ3n) is 6.34. The Balaban J connectivity index is 1.36. The predicted molar refractivity (Wildman–Crippen MR) is 121 cm³/mol. The molecule has 0 unspecified atom stereocenters. The molecule has 4 aromatic rings. The average molecular weight is 428 g/mol. The predicted octanol–water partition coefficient (Wildman–Crippen LogP) is 0.189. The molecular weight excluding hydrogens is 398 g/mol. The number of nitrogens with zero attached hydrogens (tertiary/aromatic N) is 5. The average Bonchev–Trinajstić information content (AvgIpc) is 3.30. The van der Waals surface area contributed by atoms with Gasteiger partial charge in [-0.15, -0.1) is 5.10 Å². The molecule has 1 atom stereocenters. The monoisotopic (exact) mass is 427 g/mol. The fraction of sp³-hybridized carbons (Fsp3) is 0.280. The van der Waals surface area contributed by atoms with Gasteiger partial charge < -0.3 is 9.80 Å².